The molecule has 3 aromatic rings. The zero-order chi connectivity index (χ0) is 18.9. The first kappa shape index (κ1) is 19.2. The third-order valence-corrected chi connectivity index (χ3v) is 5.36. The van der Waals surface area contributed by atoms with Crippen LogP contribution in [0.15, 0.2) is 52.5 Å². The number of aromatic amines is 1. The molecule has 0 aliphatic carbocycles. The fraction of sp³-hybridized carbons (Fsp3) is 0.263. The molecule has 0 saturated heterocycles. The van der Waals surface area contributed by atoms with Crippen molar-refractivity contribution in [2.45, 2.75) is 42.2 Å². The van der Waals surface area contributed by atoms with Gasteiger partial charge in [-0.25, -0.2) is 4.98 Å². The third kappa shape index (κ3) is 4.07. The first-order chi connectivity index (χ1) is 12.3. The summed E-state index contributed by atoms with van der Waals surface area (Å²) in [5, 5.41) is 12.9. The average molecular weight is 408 g/mol. The Morgan fingerprint density at radius 3 is 2.42 bits per heavy atom. The predicted molar refractivity (Wildman–Crippen MR) is 106 cm³/mol. The van der Waals surface area contributed by atoms with Crippen LogP contribution in [0.25, 0.3) is 0 Å². The SMILES string of the molecule is CC(C)c1[nH]c(C(C)(O)c2ccccn2)nc1Sc1cc(Cl)cc(Cl)c1. The molecule has 0 amide bonds. The number of rotatable bonds is 5. The number of nitrogens with one attached hydrogen (secondary N) is 1. The quantitative estimate of drug-likeness (QED) is 0.573. The first-order valence-corrected chi connectivity index (χ1v) is 9.73. The largest absolute Gasteiger partial charge is 0.376 e. The molecule has 1 aromatic carbocycles. The Bertz CT molecular complexity index is 890. The lowest BCUT2D eigenvalue weighted by Crippen LogP contribution is -2.25. The summed E-state index contributed by atoms with van der Waals surface area (Å²) in [5.41, 5.74) is 0.152. The second kappa shape index (κ2) is 7.61. The molecule has 2 heterocycles. The summed E-state index contributed by atoms with van der Waals surface area (Å²) in [6.45, 7) is 5.83. The van der Waals surface area contributed by atoms with E-state index in [9.17, 15) is 5.11 Å². The third-order valence-electron chi connectivity index (χ3n) is 3.95. The molecule has 0 bridgehead atoms. The number of pyridine rings is 1. The van der Waals surface area contributed by atoms with Gasteiger partial charge in [-0.2, -0.15) is 0 Å². The molecule has 4 nitrogen and oxygen atoms in total. The number of nitrogens with zero attached hydrogens (tertiary/aromatic N) is 2. The van der Waals surface area contributed by atoms with E-state index >= 15 is 0 Å². The first-order valence-electron chi connectivity index (χ1n) is 8.15. The molecule has 2 aromatic heterocycles. The molecule has 2 N–H and O–H groups in total. The molecule has 26 heavy (non-hydrogen) atoms. The van der Waals surface area contributed by atoms with Crippen molar-refractivity contribution in [3.05, 3.63) is 69.9 Å². The Balaban J connectivity index is 2.01. The average Bonchev–Trinajstić information content (AvgIpc) is 2.99. The lowest BCUT2D eigenvalue weighted by molar-refractivity contribution is 0.0880. The molecule has 7 heteroatoms. The van der Waals surface area contributed by atoms with E-state index in [0.29, 0.717) is 21.6 Å². The van der Waals surface area contributed by atoms with Gasteiger partial charge in [0.05, 0.1) is 11.4 Å². The summed E-state index contributed by atoms with van der Waals surface area (Å²) in [4.78, 5) is 13.1. The van der Waals surface area contributed by atoms with Gasteiger partial charge in [-0.3, -0.25) is 4.98 Å². The summed E-state index contributed by atoms with van der Waals surface area (Å²) in [7, 11) is 0. The summed E-state index contributed by atoms with van der Waals surface area (Å²) >= 11 is 13.7. The van der Waals surface area contributed by atoms with E-state index in [2.05, 4.69) is 28.8 Å². The fourth-order valence-corrected chi connectivity index (χ4v) is 4.33. The number of imidazole rings is 1. The van der Waals surface area contributed by atoms with Crippen LogP contribution in [-0.4, -0.2) is 20.1 Å². The van der Waals surface area contributed by atoms with Crippen LogP contribution in [0.4, 0.5) is 0 Å². The molecule has 0 saturated carbocycles. The van der Waals surface area contributed by atoms with Crippen LogP contribution in [0.5, 0.6) is 0 Å². The maximum Gasteiger partial charge on any atom is 0.161 e. The van der Waals surface area contributed by atoms with Crippen molar-refractivity contribution < 1.29 is 5.11 Å². The standard InChI is InChI=1S/C19H19Cl2N3OS/c1-11(2)16-17(26-14-9-12(20)8-13(21)10-14)24-18(23-16)19(3,25)15-6-4-5-7-22-15/h4-11,25H,1-3H3,(H,23,24). The van der Waals surface area contributed by atoms with Crippen molar-refractivity contribution in [2.24, 2.45) is 0 Å². The number of H-pyrrole nitrogens is 1. The monoisotopic (exact) mass is 407 g/mol. The van der Waals surface area contributed by atoms with Gasteiger partial charge in [0.2, 0.25) is 0 Å². The van der Waals surface area contributed by atoms with E-state index in [1.807, 2.05) is 24.3 Å². The van der Waals surface area contributed by atoms with Crippen molar-refractivity contribution >= 4 is 35.0 Å². The Morgan fingerprint density at radius 1 is 1.15 bits per heavy atom. The maximum atomic E-state index is 11.0. The topological polar surface area (TPSA) is 61.8 Å². The highest BCUT2D eigenvalue weighted by atomic mass is 35.5. The minimum absolute atomic E-state index is 0.202. The Hall–Kier alpha value is -1.53. The van der Waals surface area contributed by atoms with Gasteiger partial charge in [0.1, 0.15) is 10.9 Å². The minimum Gasteiger partial charge on any atom is -0.376 e. The molecule has 0 aliphatic rings. The Morgan fingerprint density at radius 2 is 1.85 bits per heavy atom. The summed E-state index contributed by atoms with van der Waals surface area (Å²) in [6.07, 6.45) is 1.65. The lowest BCUT2D eigenvalue weighted by atomic mass is 10.0. The number of hydrogen-bond donors (Lipinski definition) is 2. The van der Waals surface area contributed by atoms with Crippen molar-refractivity contribution in [3.8, 4) is 0 Å². The number of halogens is 2. The van der Waals surface area contributed by atoms with E-state index in [0.717, 1.165) is 15.6 Å². The van der Waals surface area contributed by atoms with Gasteiger partial charge in [-0.05, 0) is 43.2 Å². The van der Waals surface area contributed by atoms with Crippen LogP contribution in [0.1, 0.15) is 43.9 Å². The lowest BCUT2D eigenvalue weighted by Gasteiger charge is -2.19. The molecule has 0 radical (unpaired) electrons. The highest BCUT2D eigenvalue weighted by molar-refractivity contribution is 7.99. The molecule has 3 rings (SSSR count). The number of aromatic nitrogens is 3. The van der Waals surface area contributed by atoms with Gasteiger partial charge in [0.15, 0.2) is 5.60 Å². The number of hydrogen-bond acceptors (Lipinski definition) is 4. The maximum absolute atomic E-state index is 11.0. The van der Waals surface area contributed by atoms with Crippen LogP contribution in [0.2, 0.25) is 10.0 Å². The molecule has 0 aliphatic heterocycles. The highest BCUT2D eigenvalue weighted by Crippen LogP contribution is 2.37. The molecule has 1 atom stereocenters. The fourth-order valence-electron chi connectivity index (χ4n) is 2.54. The number of benzene rings is 1. The highest BCUT2D eigenvalue weighted by Gasteiger charge is 2.32. The molecule has 136 valence electrons. The van der Waals surface area contributed by atoms with Gasteiger partial charge >= 0.3 is 0 Å². The van der Waals surface area contributed by atoms with E-state index in [4.69, 9.17) is 23.2 Å². The molecular weight excluding hydrogens is 389 g/mol. The van der Waals surface area contributed by atoms with Crippen molar-refractivity contribution in [1.82, 2.24) is 15.0 Å². The molecule has 1 unspecified atom stereocenters. The number of aliphatic hydroxyl groups is 1. The van der Waals surface area contributed by atoms with E-state index in [1.165, 1.54) is 11.8 Å². The van der Waals surface area contributed by atoms with Crippen LogP contribution in [0.3, 0.4) is 0 Å². The van der Waals surface area contributed by atoms with Crippen molar-refractivity contribution in [3.63, 3.8) is 0 Å². The van der Waals surface area contributed by atoms with E-state index in [1.54, 1.807) is 25.3 Å². The smallest absolute Gasteiger partial charge is 0.161 e. The summed E-state index contributed by atoms with van der Waals surface area (Å²) in [6, 6.07) is 10.8. The Kier molecular flexibility index (Phi) is 5.63. The second-order valence-electron chi connectivity index (χ2n) is 6.45. The molecular formula is C19H19Cl2N3OS. The Labute approximate surface area is 167 Å². The zero-order valence-corrected chi connectivity index (χ0v) is 17.0. The summed E-state index contributed by atoms with van der Waals surface area (Å²) in [5.74, 6) is 0.656. The van der Waals surface area contributed by atoms with Crippen LogP contribution in [-0.2, 0) is 5.60 Å². The van der Waals surface area contributed by atoms with Gasteiger partial charge in [0, 0.05) is 21.1 Å². The van der Waals surface area contributed by atoms with Gasteiger partial charge in [-0.15, -0.1) is 0 Å². The van der Waals surface area contributed by atoms with Crippen LogP contribution >= 0.6 is 35.0 Å². The predicted octanol–water partition coefficient (Wildman–Crippen LogP) is 5.64. The molecule has 0 fully saturated rings. The van der Waals surface area contributed by atoms with Gasteiger partial charge in [-0.1, -0.05) is 54.9 Å². The van der Waals surface area contributed by atoms with Crippen LogP contribution < -0.4 is 0 Å². The van der Waals surface area contributed by atoms with Gasteiger partial charge in [0.25, 0.3) is 0 Å². The summed E-state index contributed by atoms with van der Waals surface area (Å²) < 4.78 is 0. The minimum atomic E-state index is -1.32. The van der Waals surface area contributed by atoms with Crippen LogP contribution in [0, 0.1) is 0 Å². The van der Waals surface area contributed by atoms with E-state index in [-0.39, 0.29) is 5.92 Å². The normalized spacial score (nSPS) is 13.8. The second-order valence-corrected chi connectivity index (χ2v) is 8.39. The van der Waals surface area contributed by atoms with E-state index < -0.39 is 5.60 Å². The van der Waals surface area contributed by atoms with Crippen molar-refractivity contribution in [2.75, 3.05) is 0 Å². The zero-order valence-electron chi connectivity index (χ0n) is 14.6. The van der Waals surface area contributed by atoms with Crippen molar-refractivity contribution in [1.29, 1.82) is 0 Å². The van der Waals surface area contributed by atoms with Gasteiger partial charge < -0.3 is 10.1 Å². The molecule has 0 spiro atoms.